The van der Waals surface area contributed by atoms with E-state index in [4.69, 9.17) is 0 Å². The van der Waals surface area contributed by atoms with Crippen LogP contribution in [0.25, 0.3) is 49.6 Å². The molecule has 6 rings (SSSR count). The predicted octanol–water partition coefficient (Wildman–Crippen LogP) is 6.72. The Morgan fingerprint density at radius 2 is 1.12 bits per heavy atom. The van der Waals surface area contributed by atoms with E-state index in [1.165, 1.54) is 0 Å². The zero-order chi connectivity index (χ0) is 23.6. The van der Waals surface area contributed by atoms with Gasteiger partial charge in [0, 0.05) is 21.9 Å². The number of pyridine rings is 2. The lowest BCUT2D eigenvalue weighted by molar-refractivity contribution is 0.0686. The van der Waals surface area contributed by atoms with E-state index in [1.54, 1.807) is 36.4 Å². The molecule has 0 unspecified atom stereocenters. The van der Waals surface area contributed by atoms with Crippen molar-refractivity contribution in [3.63, 3.8) is 0 Å². The molecule has 0 amide bonds. The molecular weight excluding hydrogens is 426 g/mol. The number of nitrogens with zero attached hydrogens (tertiary/aromatic N) is 1. The molecule has 0 bridgehead atoms. The summed E-state index contributed by atoms with van der Waals surface area (Å²) in [6.07, 6.45) is 0. The highest BCUT2D eigenvalue weighted by molar-refractivity contribution is 6.08. The fourth-order valence-electron chi connectivity index (χ4n) is 4.97. The summed E-state index contributed by atoms with van der Waals surface area (Å²) in [5.41, 5.74) is 8.16. The molecule has 6 aromatic rings. The summed E-state index contributed by atoms with van der Waals surface area (Å²) in [6.45, 7) is 2.05. The minimum absolute atomic E-state index is 0.241. The van der Waals surface area contributed by atoms with Crippen LogP contribution in [-0.4, -0.2) is 26.6 Å². The van der Waals surface area contributed by atoms with Gasteiger partial charge in [0.1, 0.15) is 0 Å². The molecule has 164 valence electrons. The van der Waals surface area contributed by atoms with Crippen LogP contribution in [0, 0.1) is 6.92 Å². The molecule has 0 saturated heterocycles. The third-order valence-electron chi connectivity index (χ3n) is 6.41. The molecule has 0 radical (unpaired) electrons. The topological polar surface area (TPSA) is 79.0 Å². The minimum Gasteiger partial charge on any atom is -0.478 e. The molecule has 3 aromatic carbocycles. The number of aromatic nitrogens is 1. The Bertz CT molecular complexity index is 1650. The Morgan fingerprint density at radius 3 is 1.56 bits per heavy atom. The first-order valence-electron chi connectivity index (χ1n) is 10.9. The van der Waals surface area contributed by atoms with Crippen molar-refractivity contribution in [3.8, 4) is 22.3 Å². The molecule has 0 atom stereocenters. The van der Waals surface area contributed by atoms with Crippen molar-refractivity contribution >= 4 is 39.3 Å². The Morgan fingerprint density at radius 1 is 0.647 bits per heavy atom. The van der Waals surface area contributed by atoms with Crippen molar-refractivity contribution < 1.29 is 19.8 Å². The first-order chi connectivity index (χ1) is 16.4. The molecule has 3 heterocycles. The molecule has 0 saturated carbocycles. The van der Waals surface area contributed by atoms with Crippen molar-refractivity contribution in [2.45, 2.75) is 6.92 Å². The van der Waals surface area contributed by atoms with Crippen molar-refractivity contribution in [2.75, 3.05) is 0 Å². The highest BCUT2D eigenvalue weighted by Gasteiger charge is 2.18. The zero-order valence-electron chi connectivity index (χ0n) is 18.2. The predicted molar refractivity (Wildman–Crippen MR) is 133 cm³/mol. The van der Waals surface area contributed by atoms with Crippen LogP contribution in [0.1, 0.15) is 26.3 Å². The number of carbonyl (C=O) groups is 2. The average molecular weight is 445 g/mol. The number of rotatable bonds is 4. The van der Waals surface area contributed by atoms with E-state index < -0.39 is 11.9 Å². The summed E-state index contributed by atoms with van der Waals surface area (Å²) < 4.78 is 2.20. The van der Waals surface area contributed by atoms with Gasteiger partial charge < -0.3 is 14.6 Å². The second-order valence-electron chi connectivity index (χ2n) is 8.62. The van der Waals surface area contributed by atoms with Gasteiger partial charge in [0.15, 0.2) is 0 Å². The summed E-state index contributed by atoms with van der Waals surface area (Å²) >= 11 is 0. The van der Waals surface area contributed by atoms with Gasteiger partial charge in [0.05, 0.1) is 27.7 Å². The number of benzene rings is 3. The summed E-state index contributed by atoms with van der Waals surface area (Å²) in [7, 11) is 0. The van der Waals surface area contributed by atoms with E-state index in [0.29, 0.717) is 0 Å². The van der Waals surface area contributed by atoms with E-state index in [-0.39, 0.29) is 11.1 Å². The molecule has 0 fully saturated rings. The Hall–Kier alpha value is -4.64. The van der Waals surface area contributed by atoms with E-state index in [2.05, 4.69) is 35.6 Å². The van der Waals surface area contributed by atoms with Crippen LogP contribution in [-0.2, 0) is 0 Å². The van der Waals surface area contributed by atoms with E-state index in [9.17, 15) is 19.8 Å². The Kier molecular flexibility index (Phi) is 4.23. The zero-order valence-corrected chi connectivity index (χ0v) is 18.2. The smallest absolute Gasteiger partial charge is 0.335 e. The van der Waals surface area contributed by atoms with Crippen LogP contribution in [0.5, 0.6) is 0 Å². The molecule has 5 nitrogen and oxygen atoms in total. The van der Waals surface area contributed by atoms with Gasteiger partial charge in [-0.25, -0.2) is 9.59 Å². The number of carboxylic acid groups (broad SMARTS) is 2. The number of hydrogen-bond donors (Lipinski definition) is 2. The maximum absolute atomic E-state index is 11.6. The highest BCUT2D eigenvalue weighted by atomic mass is 16.4. The van der Waals surface area contributed by atoms with E-state index in [0.717, 1.165) is 55.1 Å². The first kappa shape index (κ1) is 20.0. The second kappa shape index (κ2) is 7.18. The number of carboxylic acids is 2. The quantitative estimate of drug-likeness (QED) is 0.316. The lowest BCUT2D eigenvalue weighted by Gasteiger charge is -2.17. The third kappa shape index (κ3) is 2.94. The lowest BCUT2D eigenvalue weighted by Crippen LogP contribution is -1.99. The van der Waals surface area contributed by atoms with Crippen LogP contribution in [0.3, 0.4) is 0 Å². The maximum atomic E-state index is 11.6. The number of aromatic carboxylic acids is 2. The molecule has 0 aliphatic rings. The van der Waals surface area contributed by atoms with Gasteiger partial charge >= 0.3 is 11.9 Å². The van der Waals surface area contributed by atoms with Gasteiger partial charge in [-0.05, 0) is 84.3 Å². The normalized spacial score (nSPS) is 11.6. The van der Waals surface area contributed by atoms with E-state index in [1.807, 2.05) is 24.3 Å². The number of aryl methyl sites for hydroxylation is 1. The summed E-state index contributed by atoms with van der Waals surface area (Å²) in [4.78, 5) is 23.2. The maximum Gasteiger partial charge on any atom is 0.335 e. The van der Waals surface area contributed by atoms with Gasteiger partial charge in [-0.15, -0.1) is 0 Å². The minimum atomic E-state index is -0.961. The van der Waals surface area contributed by atoms with Crippen LogP contribution in [0.2, 0.25) is 0 Å². The van der Waals surface area contributed by atoms with Gasteiger partial charge in [-0.3, -0.25) is 0 Å². The van der Waals surface area contributed by atoms with Gasteiger partial charge in [-0.1, -0.05) is 24.3 Å². The molecule has 5 heteroatoms. The van der Waals surface area contributed by atoms with Crippen molar-refractivity contribution in [3.05, 3.63) is 102 Å². The molecule has 3 aromatic heterocycles. The Balaban J connectivity index is 1.73. The highest BCUT2D eigenvalue weighted by Crippen LogP contribution is 2.39. The van der Waals surface area contributed by atoms with E-state index >= 15 is 0 Å². The molecule has 0 spiro atoms. The van der Waals surface area contributed by atoms with Crippen molar-refractivity contribution in [2.24, 2.45) is 0 Å². The van der Waals surface area contributed by atoms with Gasteiger partial charge in [-0.2, -0.15) is 0 Å². The molecular formula is C29H19NO4. The van der Waals surface area contributed by atoms with Gasteiger partial charge in [0.2, 0.25) is 0 Å². The third-order valence-corrected chi connectivity index (χ3v) is 6.41. The monoisotopic (exact) mass is 445 g/mol. The standard InChI is InChI=1S/C29H19NO4/c1-16-10-21-14-23(17-4-2-6-19(12-17)28(31)32)25-8-9-26-24(15-22(11-16)27(21)30(25)26)18-5-3-7-20(13-18)29(33)34/h2-15H,1H3,(H,31,32)(H,33,34). The van der Waals surface area contributed by atoms with Crippen LogP contribution < -0.4 is 0 Å². The van der Waals surface area contributed by atoms with Crippen LogP contribution in [0.4, 0.5) is 0 Å². The summed E-state index contributed by atoms with van der Waals surface area (Å²) in [5, 5.41) is 21.1. The van der Waals surface area contributed by atoms with Crippen LogP contribution in [0.15, 0.2) is 84.9 Å². The summed E-state index contributed by atoms with van der Waals surface area (Å²) in [6, 6.07) is 26.6. The molecule has 34 heavy (non-hydrogen) atoms. The largest absolute Gasteiger partial charge is 0.478 e. The lowest BCUT2D eigenvalue weighted by atomic mass is 9.96. The second-order valence-corrected chi connectivity index (χ2v) is 8.62. The fourth-order valence-corrected chi connectivity index (χ4v) is 4.97. The molecule has 0 aliphatic heterocycles. The van der Waals surface area contributed by atoms with Gasteiger partial charge in [0.25, 0.3) is 0 Å². The summed E-state index contributed by atoms with van der Waals surface area (Å²) in [5.74, 6) is -1.92. The first-order valence-corrected chi connectivity index (χ1v) is 10.9. The van der Waals surface area contributed by atoms with Crippen molar-refractivity contribution in [1.29, 1.82) is 0 Å². The Labute approximate surface area is 194 Å². The van der Waals surface area contributed by atoms with Crippen molar-refractivity contribution in [1.82, 2.24) is 4.40 Å². The van der Waals surface area contributed by atoms with Crippen LogP contribution >= 0.6 is 0 Å². The average Bonchev–Trinajstić information content (AvgIpc) is 3.27. The number of hydrogen-bond acceptors (Lipinski definition) is 2. The fraction of sp³-hybridized carbons (Fsp3) is 0.0345. The SMILES string of the molecule is Cc1cc2cc(-c3cccc(C(=O)O)c3)c3ccc4c(-c5cccc(C(=O)O)c5)cc(c1)c2n34. The molecule has 2 N–H and O–H groups in total. The molecule has 0 aliphatic carbocycles.